The lowest BCUT2D eigenvalue weighted by molar-refractivity contribution is 0.213. The number of nitrogens with zero attached hydrogens (tertiary/aromatic N) is 2. The van der Waals surface area contributed by atoms with Crippen LogP contribution in [0.2, 0.25) is 0 Å². The maximum Gasteiger partial charge on any atom is 0.129 e. The molecule has 0 aliphatic heterocycles. The Hall–Kier alpha value is -1.75. The number of halogens is 2. The van der Waals surface area contributed by atoms with Crippen molar-refractivity contribution in [3.63, 3.8) is 0 Å². The number of rotatable bonds is 2. The van der Waals surface area contributed by atoms with E-state index in [1.807, 2.05) is 0 Å². The van der Waals surface area contributed by atoms with Crippen LogP contribution in [0.1, 0.15) is 22.9 Å². The zero-order valence-electron chi connectivity index (χ0n) is 9.48. The molecule has 1 atom stereocenters. The fraction of sp³-hybridized carbons (Fsp3) is 0.250. The quantitative estimate of drug-likeness (QED) is 0.870. The van der Waals surface area contributed by atoms with Crippen molar-refractivity contribution in [2.45, 2.75) is 13.0 Å². The van der Waals surface area contributed by atoms with E-state index in [1.165, 1.54) is 4.68 Å². The van der Waals surface area contributed by atoms with Crippen LogP contribution in [0, 0.1) is 18.6 Å². The maximum atomic E-state index is 13.5. The van der Waals surface area contributed by atoms with E-state index in [4.69, 9.17) is 0 Å². The molecule has 1 N–H and O–H groups in total. The van der Waals surface area contributed by atoms with Gasteiger partial charge < -0.3 is 5.11 Å². The SMILES string of the molecule is Cc1nn(C)cc1C(O)c1cc(F)ccc1F. The summed E-state index contributed by atoms with van der Waals surface area (Å²) in [5, 5.41) is 14.1. The van der Waals surface area contributed by atoms with Crippen LogP contribution < -0.4 is 0 Å². The second kappa shape index (κ2) is 4.25. The molecule has 0 saturated carbocycles. The Kier molecular flexibility index (Phi) is 2.93. The van der Waals surface area contributed by atoms with Gasteiger partial charge in [-0.1, -0.05) is 0 Å². The molecule has 1 unspecified atom stereocenters. The first-order valence-electron chi connectivity index (χ1n) is 5.12. The molecule has 0 aliphatic rings. The average molecular weight is 238 g/mol. The highest BCUT2D eigenvalue weighted by Gasteiger charge is 2.19. The van der Waals surface area contributed by atoms with Gasteiger partial charge in [0.2, 0.25) is 0 Å². The molecule has 1 aromatic heterocycles. The Morgan fingerprint density at radius 1 is 1.29 bits per heavy atom. The van der Waals surface area contributed by atoms with Crippen LogP contribution >= 0.6 is 0 Å². The number of aliphatic hydroxyl groups excluding tert-OH is 1. The van der Waals surface area contributed by atoms with Gasteiger partial charge in [0.15, 0.2) is 0 Å². The second-order valence-corrected chi connectivity index (χ2v) is 3.91. The van der Waals surface area contributed by atoms with Crippen molar-refractivity contribution in [2.75, 3.05) is 0 Å². The standard InChI is InChI=1S/C12H12F2N2O/c1-7-10(6-16(2)15-7)12(17)9-5-8(13)3-4-11(9)14/h3-6,12,17H,1-2H3. The highest BCUT2D eigenvalue weighted by molar-refractivity contribution is 5.32. The van der Waals surface area contributed by atoms with Gasteiger partial charge in [-0.15, -0.1) is 0 Å². The molecule has 1 heterocycles. The summed E-state index contributed by atoms with van der Waals surface area (Å²) in [6.45, 7) is 1.70. The summed E-state index contributed by atoms with van der Waals surface area (Å²) in [5.41, 5.74) is 0.974. The summed E-state index contributed by atoms with van der Waals surface area (Å²) in [6, 6.07) is 3.01. The molecule has 0 fully saturated rings. The predicted octanol–water partition coefficient (Wildman–Crippen LogP) is 2.09. The Labute approximate surface area is 97.3 Å². The predicted molar refractivity (Wildman–Crippen MR) is 58.4 cm³/mol. The van der Waals surface area contributed by atoms with Crippen molar-refractivity contribution in [2.24, 2.45) is 7.05 Å². The van der Waals surface area contributed by atoms with Crippen molar-refractivity contribution in [3.05, 3.63) is 52.9 Å². The first-order valence-corrected chi connectivity index (χ1v) is 5.12. The van der Waals surface area contributed by atoms with Gasteiger partial charge in [0.1, 0.15) is 17.7 Å². The summed E-state index contributed by atoms with van der Waals surface area (Å²) in [7, 11) is 1.70. The van der Waals surface area contributed by atoms with E-state index in [-0.39, 0.29) is 5.56 Å². The van der Waals surface area contributed by atoms with Crippen LogP contribution in [0.25, 0.3) is 0 Å². The van der Waals surface area contributed by atoms with Crippen LogP contribution in [0.3, 0.4) is 0 Å². The Morgan fingerprint density at radius 2 is 2.00 bits per heavy atom. The smallest absolute Gasteiger partial charge is 0.129 e. The number of aliphatic hydroxyl groups is 1. The first kappa shape index (κ1) is 11.7. The Bertz CT molecular complexity index is 551. The molecule has 2 aromatic rings. The lowest BCUT2D eigenvalue weighted by Crippen LogP contribution is -2.03. The van der Waals surface area contributed by atoms with Crippen LogP contribution in [-0.2, 0) is 7.05 Å². The molecule has 0 aliphatic carbocycles. The van der Waals surface area contributed by atoms with E-state index in [9.17, 15) is 13.9 Å². The molecule has 0 bridgehead atoms. The molecule has 0 radical (unpaired) electrons. The molecule has 0 spiro atoms. The Morgan fingerprint density at radius 3 is 2.59 bits per heavy atom. The Balaban J connectivity index is 2.46. The molecular weight excluding hydrogens is 226 g/mol. The third kappa shape index (κ3) is 2.19. The summed E-state index contributed by atoms with van der Waals surface area (Å²) >= 11 is 0. The molecule has 3 nitrogen and oxygen atoms in total. The molecule has 5 heteroatoms. The van der Waals surface area contributed by atoms with E-state index < -0.39 is 17.7 Å². The summed E-state index contributed by atoms with van der Waals surface area (Å²) in [6.07, 6.45) is 0.379. The average Bonchev–Trinajstić information content (AvgIpc) is 2.60. The highest BCUT2D eigenvalue weighted by atomic mass is 19.1. The number of hydrogen-bond acceptors (Lipinski definition) is 2. The molecular formula is C12H12F2N2O. The normalized spacial score (nSPS) is 12.8. The zero-order chi connectivity index (χ0) is 12.6. The van der Waals surface area contributed by atoms with E-state index in [0.29, 0.717) is 11.3 Å². The van der Waals surface area contributed by atoms with E-state index in [1.54, 1.807) is 20.2 Å². The molecule has 2 rings (SSSR count). The lowest BCUT2D eigenvalue weighted by Gasteiger charge is -2.11. The number of benzene rings is 1. The minimum absolute atomic E-state index is 0.0823. The number of aryl methyl sites for hydroxylation is 2. The molecule has 0 saturated heterocycles. The van der Waals surface area contributed by atoms with Gasteiger partial charge in [-0.3, -0.25) is 4.68 Å². The van der Waals surface area contributed by atoms with Gasteiger partial charge in [0.05, 0.1) is 5.69 Å². The topological polar surface area (TPSA) is 38.0 Å². The van der Waals surface area contributed by atoms with E-state index >= 15 is 0 Å². The fourth-order valence-electron chi connectivity index (χ4n) is 1.78. The summed E-state index contributed by atoms with van der Waals surface area (Å²) < 4.78 is 28.0. The van der Waals surface area contributed by atoms with Gasteiger partial charge in [-0.25, -0.2) is 8.78 Å². The molecule has 17 heavy (non-hydrogen) atoms. The van der Waals surface area contributed by atoms with Crippen molar-refractivity contribution < 1.29 is 13.9 Å². The first-order chi connectivity index (χ1) is 7.99. The minimum atomic E-state index is -1.21. The second-order valence-electron chi connectivity index (χ2n) is 3.91. The fourth-order valence-corrected chi connectivity index (χ4v) is 1.78. The van der Waals surface area contributed by atoms with Crippen LogP contribution in [-0.4, -0.2) is 14.9 Å². The van der Waals surface area contributed by atoms with E-state index in [0.717, 1.165) is 18.2 Å². The van der Waals surface area contributed by atoms with Gasteiger partial charge in [-0.05, 0) is 25.1 Å². The third-order valence-corrected chi connectivity index (χ3v) is 2.60. The van der Waals surface area contributed by atoms with Crippen LogP contribution in [0.4, 0.5) is 8.78 Å². The van der Waals surface area contributed by atoms with Crippen LogP contribution in [0.5, 0.6) is 0 Å². The lowest BCUT2D eigenvalue weighted by atomic mass is 10.0. The van der Waals surface area contributed by atoms with Gasteiger partial charge in [0.25, 0.3) is 0 Å². The third-order valence-electron chi connectivity index (χ3n) is 2.60. The monoisotopic (exact) mass is 238 g/mol. The van der Waals surface area contributed by atoms with Crippen LogP contribution in [0.15, 0.2) is 24.4 Å². The minimum Gasteiger partial charge on any atom is -0.383 e. The number of aromatic nitrogens is 2. The van der Waals surface area contributed by atoms with Gasteiger partial charge in [-0.2, -0.15) is 5.10 Å². The molecule has 0 amide bonds. The van der Waals surface area contributed by atoms with Crippen molar-refractivity contribution in [1.82, 2.24) is 9.78 Å². The summed E-state index contributed by atoms with van der Waals surface area (Å²) in [5.74, 6) is -1.22. The zero-order valence-corrected chi connectivity index (χ0v) is 9.48. The van der Waals surface area contributed by atoms with Gasteiger partial charge in [0, 0.05) is 24.4 Å². The largest absolute Gasteiger partial charge is 0.383 e. The summed E-state index contributed by atoms with van der Waals surface area (Å²) in [4.78, 5) is 0. The highest BCUT2D eigenvalue weighted by Crippen LogP contribution is 2.26. The number of hydrogen-bond donors (Lipinski definition) is 1. The molecule has 90 valence electrons. The van der Waals surface area contributed by atoms with Gasteiger partial charge >= 0.3 is 0 Å². The van der Waals surface area contributed by atoms with Crippen molar-refractivity contribution in [3.8, 4) is 0 Å². The van der Waals surface area contributed by atoms with E-state index in [2.05, 4.69) is 5.10 Å². The van der Waals surface area contributed by atoms with Crippen molar-refractivity contribution in [1.29, 1.82) is 0 Å². The molecule has 1 aromatic carbocycles. The van der Waals surface area contributed by atoms with Crippen molar-refractivity contribution >= 4 is 0 Å². The maximum absolute atomic E-state index is 13.5.